The van der Waals surface area contributed by atoms with Crippen molar-refractivity contribution in [2.45, 2.75) is 57.9 Å². The lowest BCUT2D eigenvalue weighted by molar-refractivity contribution is -0.124. The molecule has 0 unspecified atom stereocenters. The van der Waals surface area contributed by atoms with Crippen LogP contribution in [0.1, 0.15) is 51.9 Å². The first-order valence-corrected chi connectivity index (χ1v) is 7.31. The van der Waals surface area contributed by atoms with E-state index in [0.29, 0.717) is 5.41 Å². The molecule has 0 aromatic heterocycles. The number of hydrogen-bond donors (Lipinski definition) is 1. The van der Waals surface area contributed by atoms with Gasteiger partial charge in [0.1, 0.15) is 6.29 Å². The third kappa shape index (κ3) is 2.19. The predicted molar refractivity (Wildman–Crippen MR) is 68.9 cm³/mol. The van der Waals surface area contributed by atoms with Crippen molar-refractivity contribution in [2.24, 2.45) is 23.2 Å². The summed E-state index contributed by atoms with van der Waals surface area (Å²) in [5.74, 6) is 2.62. The summed E-state index contributed by atoms with van der Waals surface area (Å²) in [6, 6.07) is -0.265. The maximum absolute atomic E-state index is 11.1. The molecule has 4 saturated carbocycles. The molecule has 18 heavy (non-hydrogen) atoms. The fourth-order valence-electron chi connectivity index (χ4n) is 5.40. The van der Waals surface area contributed by atoms with E-state index in [4.69, 9.17) is 0 Å². The Kier molecular flexibility index (Phi) is 2.95. The van der Waals surface area contributed by atoms with Crippen molar-refractivity contribution in [3.05, 3.63) is 0 Å². The highest BCUT2D eigenvalue weighted by atomic mass is 16.2. The van der Waals surface area contributed by atoms with Crippen LogP contribution in [0.15, 0.2) is 0 Å². The Balaban J connectivity index is 1.71. The van der Waals surface area contributed by atoms with Crippen LogP contribution in [0.2, 0.25) is 0 Å². The molecular formula is C15H23NO2. The normalized spacial score (nSPS) is 42.6. The van der Waals surface area contributed by atoms with Gasteiger partial charge in [0, 0.05) is 6.92 Å². The number of hydrogen-bond acceptors (Lipinski definition) is 2. The average molecular weight is 249 g/mol. The maximum atomic E-state index is 11.1. The minimum absolute atomic E-state index is 0.0863. The van der Waals surface area contributed by atoms with Crippen molar-refractivity contribution in [1.29, 1.82) is 0 Å². The van der Waals surface area contributed by atoms with Gasteiger partial charge in [0.05, 0.1) is 6.04 Å². The van der Waals surface area contributed by atoms with E-state index in [1.807, 2.05) is 0 Å². The van der Waals surface area contributed by atoms with Gasteiger partial charge in [-0.15, -0.1) is 0 Å². The van der Waals surface area contributed by atoms with Crippen LogP contribution in [-0.2, 0) is 9.59 Å². The Labute approximate surface area is 109 Å². The number of rotatable bonds is 4. The summed E-state index contributed by atoms with van der Waals surface area (Å²) in [4.78, 5) is 22.3. The largest absolute Gasteiger partial charge is 0.347 e. The zero-order valence-corrected chi connectivity index (χ0v) is 11.2. The van der Waals surface area contributed by atoms with Crippen LogP contribution in [-0.4, -0.2) is 18.2 Å². The highest BCUT2D eigenvalue weighted by Crippen LogP contribution is 2.61. The third-order valence-corrected chi connectivity index (χ3v) is 5.37. The monoisotopic (exact) mass is 249 g/mol. The molecule has 4 aliphatic carbocycles. The zero-order chi connectivity index (χ0) is 12.8. The fourth-order valence-corrected chi connectivity index (χ4v) is 5.40. The van der Waals surface area contributed by atoms with E-state index in [1.54, 1.807) is 0 Å². The van der Waals surface area contributed by atoms with E-state index >= 15 is 0 Å². The summed E-state index contributed by atoms with van der Waals surface area (Å²) in [5, 5.41) is 2.80. The molecule has 0 aromatic carbocycles. The molecule has 4 fully saturated rings. The van der Waals surface area contributed by atoms with Crippen LogP contribution in [0.3, 0.4) is 0 Å². The van der Waals surface area contributed by atoms with Gasteiger partial charge < -0.3 is 10.1 Å². The van der Waals surface area contributed by atoms with Crippen molar-refractivity contribution in [1.82, 2.24) is 5.32 Å². The average Bonchev–Trinajstić information content (AvgIpc) is 2.25. The minimum atomic E-state index is -0.265. The number of aldehydes is 1. The first-order valence-electron chi connectivity index (χ1n) is 7.31. The van der Waals surface area contributed by atoms with Gasteiger partial charge in [-0.1, -0.05) is 0 Å². The number of amides is 1. The van der Waals surface area contributed by atoms with Crippen LogP contribution in [0.5, 0.6) is 0 Å². The highest BCUT2D eigenvalue weighted by Gasteiger charge is 2.51. The van der Waals surface area contributed by atoms with E-state index in [-0.39, 0.29) is 11.9 Å². The summed E-state index contributed by atoms with van der Waals surface area (Å²) in [5.41, 5.74) is 0.364. The molecule has 1 N–H and O–H groups in total. The van der Waals surface area contributed by atoms with Gasteiger partial charge in [0.15, 0.2) is 0 Å². The molecule has 3 nitrogen and oxygen atoms in total. The quantitative estimate of drug-likeness (QED) is 0.777. The van der Waals surface area contributed by atoms with Crippen LogP contribution in [0, 0.1) is 23.2 Å². The summed E-state index contributed by atoms with van der Waals surface area (Å²) < 4.78 is 0. The Bertz CT molecular complexity index is 328. The molecule has 0 heterocycles. The first kappa shape index (κ1) is 12.2. The second-order valence-electron chi connectivity index (χ2n) is 7.06. The van der Waals surface area contributed by atoms with E-state index < -0.39 is 0 Å². The highest BCUT2D eigenvalue weighted by molar-refractivity contribution is 5.77. The van der Waals surface area contributed by atoms with Gasteiger partial charge in [-0.2, -0.15) is 0 Å². The number of carbonyl (C=O) groups is 2. The first-order chi connectivity index (χ1) is 8.58. The molecule has 0 aromatic rings. The van der Waals surface area contributed by atoms with E-state index in [1.165, 1.54) is 45.4 Å². The fraction of sp³-hybridized carbons (Fsp3) is 0.867. The summed E-state index contributed by atoms with van der Waals surface area (Å²) in [6.07, 6.45) is 9.95. The summed E-state index contributed by atoms with van der Waals surface area (Å²) >= 11 is 0. The third-order valence-electron chi connectivity index (χ3n) is 5.37. The molecule has 4 aliphatic rings. The molecule has 1 atom stereocenters. The predicted octanol–water partition coefficient (Wildman–Crippen LogP) is 2.30. The van der Waals surface area contributed by atoms with Crippen LogP contribution < -0.4 is 5.32 Å². The van der Waals surface area contributed by atoms with Crippen molar-refractivity contribution in [3.63, 3.8) is 0 Å². The Morgan fingerprint density at radius 1 is 1.22 bits per heavy atom. The van der Waals surface area contributed by atoms with Gasteiger partial charge in [-0.25, -0.2) is 0 Å². The Morgan fingerprint density at radius 2 is 1.72 bits per heavy atom. The molecule has 3 heteroatoms. The SMILES string of the molecule is CC(=O)N[C@H](C=O)CC12CC3CC(CC(C3)C1)C2. The molecule has 0 radical (unpaired) electrons. The Hall–Kier alpha value is -0.860. The lowest BCUT2D eigenvalue weighted by atomic mass is 9.48. The molecule has 4 rings (SSSR count). The molecule has 0 saturated heterocycles. The van der Waals surface area contributed by atoms with Crippen LogP contribution in [0.25, 0.3) is 0 Å². The smallest absolute Gasteiger partial charge is 0.217 e. The maximum Gasteiger partial charge on any atom is 0.217 e. The summed E-state index contributed by atoms with van der Waals surface area (Å²) in [7, 11) is 0. The number of nitrogens with one attached hydrogen (secondary N) is 1. The molecule has 0 spiro atoms. The number of carbonyl (C=O) groups excluding carboxylic acids is 2. The van der Waals surface area contributed by atoms with Gasteiger partial charge in [0.25, 0.3) is 0 Å². The standard InChI is InChI=1S/C15H23NO2/c1-10(18)16-14(9-17)8-15-5-11-2-12(6-15)4-13(3-11)7-15/h9,11-14H,2-8H2,1H3,(H,16,18)/t11?,12?,13?,14-,15?/m0/s1. The van der Waals surface area contributed by atoms with Crippen molar-refractivity contribution in [2.75, 3.05) is 0 Å². The minimum Gasteiger partial charge on any atom is -0.347 e. The van der Waals surface area contributed by atoms with Crippen LogP contribution >= 0.6 is 0 Å². The second kappa shape index (κ2) is 4.36. The molecule has 1 amide bonds. The van der Waals surface area contributed by atoms with Gasteiger partial charge in [-0.05, 0) is 68.1 Å². The van der Waals surface area contributed by atoms with Gasteiger partial charge in [0.2, 0.25) is 5.91 Å². The van der Waals surface area contributed by atoms with Crippen molar-refractivity contribution < 1.29 is 9.59 Å². The van der Waals surface area contributed by atoms with Gasteiger partial charge in [-0.3, -0.25) is 4.79 Å². The lowest BCUT2D eigenvalue weighted by Gasteiger charge is -2.57. The van der Waals surface area contributed by atoms with Gasteiger partial charge >= 0.3 is 0 Å². The molecule has 4 bridgehead atoms. The van der Waals surface area contributed by atoms with E-state index in [2.05, 4.69) is 5.32 Å². The molecule has 100 valence electrons. The van der Waals surface area contributed by atoms with Crippen molar-refractivity contribution in [3.8, 4) is 0 Å². The topological polar surface area (TPSA) is 46.2 Å². The molecule has 0 aliphatic heterocycles. The second-order valence-corrected chi connectivity index (χ2v) is 7.06. The van der Waals surface area contributed by atoms with E-state index in [9.17, 15) is 9.59 Å². The zero-order valence-electron chi connectivity index (χ0n) is 11.2. The lowest BCUT2D eigenvalue weighted by Crippen LogP contribution is -2.49. The Morgan fingerprint density at radius 3 is 2.11 bits per heavy atom. The van der Waals surface area contributed by atoms with E-state index in [0.717, 1.165) is 30.5 Å². The van der Waals surface area contributed by atoms with Crippen LogP contribution in [0.4, 0.5) is 0 Å². The summed E-state index contributed by atoms with van der Waals surface area (Å²) in [6.45, 7) is 1.50. The molecular weight excluding hydrogens is 226 g/mol. The van der Waals surface area contributed by atoms with Crippen molar-refractivity contribution >= 4 is 12.2 Å².